The van der Waals surface area contributed by atoms with Crippen molar-refractivity contribution in [2.45, 2.75) is 52.4 Å². The van der Waals surface area contributed by atoms with Crippen LogP contribution in [0.4, 0.5) is 0 Å². The van der Waals surface area contributed by atoms with Gasteiger partial charge in [-0.3, -0.25) is 0 Å². The molecule has 1 saturated heterocycles. The lowest BCUT2D eigenvalue weighted by atomic mass is 9.65. The first kappa shape index (κ1) is 8.52. The van der Waals surface area contributed by atoms with Gasteiger partial charge in [-0.25, -0.2) is 0 Å². The lowest BCUT2D eigenvalue weighted by Gasteiger charge is -2.39. The van der Waals surface area contributed by atoms with Gasteiger partial charge in [0, 0.05) is 5.41 Å². The number of hydrogen-bond acceptors (Lipinski definition) is 2. The summed E-state index contributed by atoms with van der Waals surface area (Å²) in [7, 11) is 0. The molecular weight excluding hydrogens is 152 g/mol. The van der Waals surface area contributed by atoms with Crippen molar-refractivity contribution in [3.05, 3.63) is 0 Å². The summed E-state index contributed by atoms with van der Waals surface area (Å²) >= 11 is 0. The second kappa shape index (κ2) is 2.05. The van der Waals surface area contributed by atoms with E-state index in [1.54, 1.807) is 0 Å². The second-order valence-electron chi connectivity index (χ2n) is 5.51. The molecule has 0 aromatic carbocycles. The SMILES string of the molecule is CC1(C)C[C@H](O)C(C)(C)[C@@H]2O[C@@H]21. The van der Waals surface area contributed by atoms with Crippen molar-refractivity contribution in [1.29, 1.82) is 0 Å². The third kappa shape index (κ3) is 0.944. The molecule has 0 unspecified atom stereocenters. The molecule has 1 aliphatic heterocycles. The first-order valence-corrected chi connectivity index (χ1v) is 4.69. The number of aliphatic hydroxyl groups excluding tert-OH is 1. The summed E-state index contributed by atoms with van der Waals surface area (Å²) < 4.78 is 5.62. The monoisotopic (exact) mass is 170 g/mol. The Bertz CT molecular complexity index is 204. The Hall–Kier alpha value is -0.0800. The summed E-state index contributed by atoms with van der Waals surface area (Å²) in [5.41, 5.74) is 0.125. The van der Waals surface area contributed by atoms with E-state index in [1.165, 1.54) is 0 Å². The molecule has 2 aliphatic rings. The highest BCUT2D eigenvalue weighted by Crippen LogP contribution is 2.56. The number of epoxide rings is 1. The van der Waals surface area contributed by atoms with E-state index in [2.05, 4.69) is 27.7 Å². The molecule has 0 amide bonds. The summed E-state index contributed by atoms with van der Waals surface area (Å²) in [5.74, 6) is 0. The average molecular weight is 170 g/mol. The van der Waals surface area contributed by atoms with Crippen LogP contribution in [0.5, 0.6) is 0 Å². The predicted molar refractivity (Wildman–Crippen MR) is 46.8 cm³/mol. The van der Waals surface area contributed by atoms with Crippen LogP contribution in [0.2, 0.25) is 0 Å². The standard InChI is InChI=1S/C10H18O2/c1-9(2)5-6(11)10(3,4)8-7(9)12-8/h6-8,11H,5H2,1-4H3/t6-,7-,8+/m0/s1. The number of ether oxygens (including phenoxy) is 1. The molecule has 1 aliphatic carbocycles. The van der Waals surface area contributed by atoms with Crippen LogP contribution in [0, 0.1) is 10.8 Å². The average Bonchev–Trinajstić information content (AvgIpc) is 2.60. The second-order valence-corrected chi connectivity index (χ2v) is 5.51. The van der Waals surface area contributed by atoms with Crippen LogP contribution in [0.1, 0.15) is 34.1 Å². The van der Waals surface area contributed by atoms with E-state index >= 15 is 0 Å². The summed E-state index contributed by atoms with van der Waals surface area (Å²) in [5, 5.41) is 9.89. The maximum atomic E-state index is 9.89. The minimum Gasteiger partial charge on any atom is -0.392 e. The lowest BCUT2D eigenvalue weighted by molar-refractivity contribution is -0.0130. The van der Waals surface area contributed by atoms with E-state index in [0.29, 0.717) is 6.10 Å². The van der Waals surface area contributed by atoms with Gasteiger partial charge in [0.05, 0.1) is 18.3 Å². The highest BCUT2D eigenvalue weighted by Gasteiger charge is 2.63. The number of hydrogen-bond donors (Lipinski definition) is 1. The molecular formula is C10H18O2. The third-order valence-corrected chi connectivity index (χ3v) is 3.57. The van der Waals surface area contributed by atoms with Crippen LogP contribution in [-0.2, 0) is 4.74 Å². The summed E-state index contributed by atoms with van der Waals surface area (Å²) in [6.45, 7) is 8.54. The van der Waals surface area contributed by atoms with Crippen molar-refractivity contribution in [3.8, 4) is 0 Å². The van der Waals surface area contributed by atoms with Crippen LogP contribution < -0.4 is 0 Å². The normalized spacial score (nSPS) is 48.2. The van der Waals surface area contributed by atoms with Crippen LogP contribution >= 0.6 is 0 Å². The van der Waals surface area contributed by atoms with Gasteiger partial charge in [-0.15, -0.1) is 0 Å². The minimum atomic E-state index is -0.212. The molecule has 12 heavy (non-hydrogen) atoms. The lowest BCUT2D eigenvalue weighted by Crippen LogP contribution is -2.45. The van der Waals surface area contributed by atoms with Gasteiger partial charge in [-0.2, -0.15) is 0 Å². The van der Waals surface area contributed by atoms with Gasteiger partial charge in [-0.05, 0) is 11.8 Å². The van der Waals surface area contributed by atoms with E-state index in [1.807, 2.05) is 0 Å². The van der Waals surface area contributed by atoms with E-state index in [4.69, 9.17) is 4.74 Å². The predicted octanol–water partition coefficient (Wildman–Crippen LogP) is 1.57. The molecule has 0 radical (unpaired) electrons. The van der Waals surface area contributed by atoms with E-state index in [-0.39, 0.29) is 23.0 Å². The molecule has 1 N–H and O–H groups in total. The van der Waals surface area contributed by atoms with Crippen molar-refractivity contribution >= 4 is 0 Å². The van der Waals surface area contributed by atoms with Crippen LogP contribution in [0.25, 0.3) is 0 Å². The zero-order valence-electron chi connectivity index (χ0n) is 8.29. The zero-order valence-corrected chi connectivity index (χ0v) is 8.29. The topological polar surface area (TPSA) is 32.8 Å². The van der Waals surface area contributed by atoms with Gasteiger partial charge in [0.25, 0.3) is 0 Å². The van der Waals surface area contributed by atoms with Gasteiger partial charge in [0.2, 0.25) is 0 Å². The van der Waals surface area contributed by atoms with Gasteiger partial charge in [0.1, 0.15) is 0 Å². The smallest absolute Gasteiger partial charge is 0.0922 e. The molecule has 1 saturated carbocycles. The molecule has 2 heteroatoms. The Kier molecular flexibility index (Phi) is 1.45. The molecule has 1 heterocycles. The van der Waals surface area contributed by atoms with Crippen LogP contribution in [0.15, 0.2) is 0 Å². The molecule has 2 rings (SSSR count). The maximum absolute atomic E-state index is 9.89. The molecule has 2 fully saturated rings. The minimum absolute atomic E-state index is 0.0415. The van der Waals surface area contributed by atoms with E-state index in [0.717, 1.165) is 6.42 Å². The zero-order chi connectivity index (χ0) is 9.15. The van der Waals surface area contributed by atoms with Crippen molar-refractivity contribution in [1.82, 2.24) is 0 Å². The quantitative estimate of drug-likeness (QED) is 0.560. The molecule has 0 bridgehead atoms. The summed E-state index contributed by atoms with van der Waals surface area (Å²) in [6.07, 6.45) is 1.32. The highest BCUT2D eigenvalue weighted by molar-refractivity contribution is 5.10. The molecule has 0 spiro atoms. The number of aliphatic hydroxyl groups is 1. The van der Waals surface area contributed by atoms with E-state index < -0.39 is 0 Å². The van der Waals surface area contributed by atoms with Crippen molar-refractivity contribution < 1.29 is 9.84 Å². The molecule has 0 aromatic rings. The van der Waals surface area contributed by atoms with Crippen molar-refractivity contribution in [2.75, 3.05) is 0 Å². The van der Waals surface area contributed by atoms with Crippen molar-refractivity contribution in [2.24, 2.45) is 10.8 Å². The van der Waals surface area contributed by atoms with E-state index in [9.17, 15) is 5.11 Å². The van der Waals surface area contributed by atoms with Gasteiger partial charge < -0.3 is 9.84 Å². The largest absolute Gasteiger partial charge is 0.392 e. The van der Waals surface area contributed by atoms with Gasteiger partial charge in [-0.1, -0.05) is 27.7 Å². The third-order valence-electron chi connectivity index (χ3n) is 3.57. The molecule has 0 aromatic heterocycles. The number of rotatable bonds is 0. The number of fused-ring (bicyclic) bond motifs is 1. The van der Waals surface area contributed by atoms with Crippen LogP contribution in [-0.4, -0.2) is 23.4 Å². The van der Waals surface area contributed by atoms with Gasteiger partial charge in [0.15, 0.2) is 0 Å². The Morgan fingerprint density at radius 1 is 1.17 bits per heavy atom. The summed E-state index contributed by atoms with van der Waals surface area (Å²) in [6, 6.07) is 0. The first-order chi connectivity index (χ1) is 5.36. The molecule has 70 valence electrons. The Morgan fingerprint density at radius 2 is 1.75 bits per heavy atom. The van der Waals surface area contributed by atoms with Crippen molar-refractivity contribution in [3.63, 3.8) is 0 Å². The van der Waals surface area contributed by atoms with Crippen LogP contribution in [0.3, 0.4) is 0 Å². The Labute approximate surface area is 73.9 Å². The van der Waals surface area contributed by atoms with Gasteiger partial charge >= 0.3 is 0 Å². The first-order valence-electron chi connectivity index (χ1n) is 4.69. The molecule has 3 atom stereocenters. The fourth-order valence-corrected chi connectivity index (χ4v) is 2.34. The fraction of sp³-hybridized carbons (Fsp3) is 1.00. The summed E-state index contributed by atoms with van der Waals surface area (Å²) in [4.78, 5) is 0. The Balaban J connectivity index is 2.22. The maximum Gasteiger partial charge on any atom is 0.0922 e. The molecule has 2 nitrogen and oxygen atoms in total. The highest BCUT2D eigenvalue weighted by atomic mass is 16.6. The fourth-order valence-electron chi connectivity index (χ4n) is 2.34. The Morgan fingerprint density at radius 3 is 2.33 bits per heavy atom.